The molecular weight excluding hydrogens is 324 g/mol. The smallest absolute Gasteiger partial charge is 0.276 e. The third kappa shape index (κ3) is 4.01. The van der Waals surface area contributed by atoms with Crippen molar-refractivity contribution in [3.63, 3.8) is 0 Å². The number of nitrogens with two attached hydrogens (primary N) is 1. The Morgan fingerprint density at radius 3 is 2.87 bits per heavy atom. The highest BCUT2D eigenvalue weighted by molar-refractivity contribution is 6.33. The topological polar surface area (TPSA) is 99.7 Å². The lowest BCUT2D eigenvalue weighted by molar-refractivity contribution is -0.148. The average molecular weight is 345 g/mol. The fourth-order valence-corrected chi connectivity index (χ4v) is 2.93. The third-order valence-corrected chi connectivity index (χ3v) is 3.96. The normalized spacial score (nSPS) is 21.4. The van der Waals surface area contributed by atoms with Crippen LogP contribution in [0.2, 0.25) is 5.02 Å². The molecule has 1 aromatic heterocycles. The fourth-order valence-electron chi connectivity index (χ4n) is 2.70. The van der Waals surface area contributed by atoms with Crippen LogP contribution in [0.25, 0.3) is 0 Å². The first kappa shape index (κ1) is 17.7. The Morgan fingerprint density at radius 1 is 1.57 bits per heavy atom. The number of hydrogen-bond acceptors (Lipinski definition) is 5. The van der Waals surface area contributed by atoms with E-state index in [1.807, 2.05) is 6.92 Å². The second-order valence-electron chi connectivity index (χ2n) is 5.52. The summed E-state index contributed by atoms with van der Waals surface area (Å²) in [5.41, 5.74) is 4.56. The lowest BCUT2D eigenvalue weighted by Crippen LogP contribution is -2.57. The standard InChI is InChI=1S/C14H21ClN4O4/c1-3-19-7-10(15)12(17-19)13(21)18-4-5-23-14(8-18,9-22-2)6-11(16)20/h7H,3-6,8-9H2,1-2H3,(H2,16,20)/t14-/m1/s1. The van der Waals surface area contributed by atoms with E-state index in [2.05, 4.69) is 5.10 Å². The molecule has 0 spiro atoms. The number of morpholine rings is 1. The maximum absolute atomic E-state index is 12.7. The summed E-state index contributed by atoms with van der Waals surface area (Å²) in [6.07, 6.45) is 1.59. The van der Waals surface area contributed by atoms with Gasteiger partial charge in [-0.25, -0.2) is 0 Å². The van der Waals surface area contributed by atoms with Gasteiger partial charge in [-0.2, -0.15) is 5.10 Å². The molecule has 8 nitrogen and oxygen atoms in total. The van der Waals surface area contributed by atoms with Gasteiger partial charge in [-0.15, -0.1) is 0 Å². The van der Waals surface area contributed by atoms with E-state index in [1.54, 1.807) is 15.8 Å². The minimum Gasteiger partial charge on any atom is -0.382 e. The zero-order chi connectivity index (χ0) is 17.0. The Kier molecular flexibility index (Phi) is 5.61. The molecule has 0 aliphatic carbocycles. The van der Waals surface area contributed by atoms with E-state index < -0.39 is 11.5 Å². The Hall–Kier alpha value is -1.64. The molecule has 2 N–H and O–H groups in total. The van der Waals surface area contributed by atoms with Gasteiger partial charge >= 0.3 is 0 Å². The van der Waals surface area contributed by atoms with Crippen LogP contribution in [0.4, 0.5) is 0 Å². The number of amides is 2. The predicted molar refractivity (Wildman–Crippen MR) is 83.2 cm³/mol. The molecule has 1 aliphatic heterocycles. The van der Waals surface area contributed by atoms with Crippen LogP contribution in [-0.4, -0.2) is 65.5 Å². The Morgan fingerprint density at radius 2 is 2.30 bits per heavy atom. The molecule has 1 aromatic rings. The second kappa shape index (κ2) is 7.29. The van der Waals surface area contributed by atoms with Gasteiger partial charge in [0.05, 0.1) is 31.2 Å². The number of ether oxygens (including phenoxy) is 2. The Labute approximate surface area is 139 Å². The van der Waals surface area contributed by atoms with Crippen LogP contribution in [0.5, 0.6) is 0 Å². The van der Waals surface area contributed by atoms with Crippen LogP contribution in [-0.2, 0) is 20.8 Å². The molecular formula is C14H21ClN4O4. The molecule has 0 radical (unpaired) electrons. The van der Waals surface area contributed by atoms with E-state index in [0.717, 1.165) is 0 Å². The number of primary amides is 1. The molecule has 23 heavy (non-hydrogen) atoms. The lowest BCUT2D eigenvalue weighted by Gasteiger charge is -2.41. The number of nitrogens with zero attached hydrogens (tertiary/aromatic N) is 3. The summed E-state index contributed by atoms with van der Waals surface area (Å²) in [5, 5.41) is 4.49. The van der Waals surface area contributed by atoms with Crippen LogP contribution in [0.15, 0.2) is 6.20 Å². The monoisotopic (exact) mass is 344 g/mol. The Balaban J connectivity index is 2.19. The zero-order valence-corrected chi connectivity index (χ0v) is 14.0. The van der Waals surface area contributed by atoms with Crippen LogP contribution in [0.3, 0.4) is 0 Å². The summed E-state index contributed by atoms with van der Waals surface area (Å²) >= 11 is 6.09. The molecule has 1 atom stereocenters. The van der Waals surface area contributed by atoms with E-state index in [-0.39, 0.29) is 37.8 Å². The first-order valence-electron chi connectivity index (χ1n) is 7.34. The van der Waals surface area contributed by atoms with Gasteiger partial charge in [-0.1, -0.05) is 11.6 Å². The average Bonchev–Trinajstić information content (AvgIpc) is 2.87. The van der Waals surface area contributed by atoms with Crippen molar-refractivity contribution in [3.8, 4) is 0 Å². The summed E-state index contributed by atoms with van der Waals surface area (Å²) < 4.78 is 12.5. The fraction of sp³-hybridized carbons (Fsp3) is 0.643. The van der Waals surface area contributed by atoms with Gasteiger partial charge in [0.1, 0.15) is 5.60 Å². The number of hydrogen-bond donors (Lipinski definition) is 1. The number of aryl methyl sites for hydroxylation is 1. The molecule has 1 aliphatic rings. The van der Waals surface area contributed by atoms with E-state index >= 15 is 0 Å². The van der Waals surface area contributed by atoms with Crippen LogP contribution in [0.1, 0.15) is 23.8 Å². The summed E-state index contributed by atoms with van der Waals surface area (Å²) in [4.78, 5) is 25.6. The van der Waals surface area contributed by atoms with Gasteiger partial charge in [0.15, 0.2) is 5.69 Å². The number of halogens is 1. The predicted octanol–water partition coefficient (Wildman–Crippen LogP) is 0.289. The maximum atomic E-state index is 12.7. The number of rotatable bonds is 6. The molecule has 9 heteroatoms. The first-order valence-corrected chi connectivity index (χ1v) is 7.72. The van der Waals surface area contributed by atoms with Gasteiger partial charge in [-0.05, 0) is 6.92 Å². The van der Waals surface area contributed by atoms with Crippen LogP contribution >= 0.6 is 11.6 Å². The number of aromatic nitrogens is 2. The molecule has 0 aromatic carbocycles. The molecule has 2 amide bonds. The lowest BCUT2D eigenvalue weighted by atomic mass is 9.97. The van der Waals surface area contributed by atoms with Crippen molar-refractivity contribution in [2.75, 3.05) is 33.4 Å². The van der Waals surface area contributed by atoms with Crippen molar-refractivity contribution >= 4 is 23.4 Å². The van der Waals surface area contributed by atoms with Gasteiger partial charge in [0.25, 0.3) is 5.91 Å². The van der Waals surface area contributed by atoms with E-state index in [4.69, 9.17) is 26.8 Å². The summed E-state index contributed by atoms with van der Waals surface area (Å²) in [6, 6.07) is 0. The quantitative estimate of drug-likeness (QED) is 0.799. The summed E-state index contributed by atoms with van der Waals surface area (Å²) in [6.45, 7) is 3.55. The molecule has 2 heterocycles. The van der Waals surface area contributed by atoms with Gasteiger partial charge in [-0.3, -0.25) is 14.3 Å². The minimum absolute atomic E-state index is 0.0260. The zero-order valence-electron chi connectivity index (χ0n) is 13.2. The van der Waals surface area contributed by atoms with E-state index in [1.165, 1.54) is 7.11 Å². The van der Waals surface area contributed by atoms with E-state index in [0.29, 0.717) is 18.1 Å². The van der Waals surface area contributed by atoms with Crippen LogP contribution in [0, 0.1) is 0 Å². The Bertz CT molecular complexity index is 587. The summed E-state index contributed by atoms with van der Waals surface area (Å²) in [5.74, 6) is -0.805. The second-order valence-corrected chi connectivity index (χ2v) is 5.92. The maximum Gasteiger partial charge on any atom is 0.276 e. The largest absolute Gasteiger partial charge is 0.382 e. The highest BCUT2D eigenvalue weighted by atomic mass is 35.5. The molecule has 2 rings (SSSR count). The first-order chi connectivity index (χ1) is 10.9. The molecule has 0 unspecified atom stereocenters. The molecule has 1 saturated heterocycles. The van der Waals surface area contributed by atoms with Gasteiger partial charge in [0.2, 0.25) is 5.91 Å². The van der Waals surface area contributed by atoms with Crippen molar-refractivity contribution in [2.24, 2.45) is 5.73 Å². The van der Waals surface area contributed by atoms with Crippen molar-refractivity contribution < 1.29 is 19.1 Å². The molecule has 0 saturated carbocycles. The molecule has 1 fully saturated rings. The summed E-state index contributed by atoms with van der Waals surface area (Å²) in [7, 11) is 1.51. The van der Waals surface area contributed by atoms with Crippen molar-refractivity contribution in [1.29, 1.82) is 0 Å². The van der Waals surface area contributed by atoms with Gasteiger partial charge in [0, 0.05) is 26.4 Å². The molecule has 0 bridgehead atoms. The van der Waals surface area contributed by atoms with E-state index in [9.17, 15) is 9.59 Å². The number of methoxy groups -OCH3 is 1. The van der Waals surface area contributed by atoms with Crippen molar-refractivity contribution in [1.82, 2.24) is 14.7 Å². The molecule has 128 valence electrons. The SMILES string of the molecule is CCn1cc(Cl)c(C(=O)N2CCO[C@](COC)(CC(N)=O)C2)n1. The third-order valence-electron chi connectivity index (χ3n) is 3.68. The van der Waals surface area contributed by atoms with Crippen molar-refractivity contribution in [3.05, 3.63) is 16.9 Å². The minimum atomic E-state index is -0.936. The number of carbonyl (C=O) groups is 2. The number of carbonyl (C=O) groups excluding carboxylic acids is 2. The highest BCUT2D eigenvalue weighted by Crippen LogP contribution is 2.25. The highest BCUT2D eigenvalue weighted by Gasteiger charge is 2.41. The van der Waals surface area contributed by atoms with Crippen molar-refractivity contribution in [2.45, 2.75) is 25.5 Å². The van der Waals surface area contributed by atoms with Gasteiger partial charge < -0.3 is 20.1 Å². The van der Waals surface area contributed by atoms with Crippen LogP contribution < -0.4 is 5.73 Å².